The van der Waals surface area contributed by atoms with Crippen LogP contribution in [0.15, 0.2) is 200 Å². The van der Waals surface area contributed by atoms with Gasteiger partial charge in [0.1, 0.15) is 0 Å². The first-order valence-corrected chi connectivity index (χ1v) is 20.2. The normalized spacial score (nSPS) is 13.0. The van der Waals surface area contributed by atoms with Gasteiger partial charge in [-0.05, 0) is 79.9 Å². The lowest BCUT2D eigenvalue weighted by Crippen LogP contribution is -2.15. The summed E-state index contributed by atoms with van der Waals surface area (Å²) in [7, 11) is 0. The van der Waals surface area contributed by atoms with Crippen molar-refractivity contribution in [3.63, 3.8) is 0 Å². The van der Waals surface area contributed by atoms with Gasteiger partial charge in [0.2, 0.25) is 0 Å². The van der Waals surface area contributed by atoms with Crippen LogP contribution in [0.5, 0.6) is 23.0 Å². The lowest BCUT2D eigenvalue weighted by atomic mass is 9.82. The maximum Gasteiger partial charge on any atom is 0.178 e. The number of para-hydroxylation sites is 1. The Kier molecular flexibility index (Phi) is 8.16. The Balaban J connectivity index is 0.958. The van der Waals surface area contributed by atoms with Crippen molar-refractivity contribution in [2.75, 3.05) is 0 Å². The maximum absolute atomic E-state index is 7.01. The lowest BCUT2D eigenvalue weighted by Gasteiger charge is -2.27. The van der Waals surface area contributed by atoms with Gasteiger partial charge in [-0.3, -0.25) is 0 Å². The van der Waals surface area contributed by atoms with Crippen molar-refractivity contribution in [3.8, 4) is 101 Å². The van der Waals surface area contributed by atoms with Gasteiger partial charge >= 0.3 is 0 Å². The van der Waals surface area contributed by atoms with Crippen molar-refractivity contribution in [2.45, 2.75) is 19.3 Å². The highest BCUT2D eigenvalue weighted by Crippen LogP contribution is 2.59. The average Bonchev–Trinajstić information content (AvgIpc) is 3.54. The Morgan fingerprint density at radius 2 is 0.847 bits per heavy atom. The Bertz CT molecular complexity index is 3040. The third-order valence-electron chi connectivity index (χ3n) is 12.0. The highest BCUT2D eigenvalue weighted by Gasteiger charge is 2.40. The van der Waals surface area contributed by atoms with E-state index in [1.165, 1.54) is 27.8 Å². The highest BCUT2D eigenvalue weighted by atomic mass is 16.6. The molecule has 280 valence electrons. The number of aromatic nitrogens is 1. The first kappa shape index (κ1) is 34.7. The largest absolute Gasteiger partial charge is 0.449 e. The van der Waals surface area contributed by atoms with E-state index in [0.717, 1.165) is 78.7 Å². The molecule has 3 heteroatoms. The molecular weight excluding hydrogens is 719 g/mol. The van der Waals surface area contributed by atoms with Crippen molar-refractivity contribution < 1.29 is 9.47 Å². The molecule has 3 nitrogen and oxygen atoms in total. The van der Waals surface area contributed by atoms with Crippen LogP contribution in [-0.2, 0) is 5.41 Å². The molecule has 0 radical (unpaired) electrons. The summed E-state index contributed by atoms with van der Waals surface area (Å²) in [5.74, 6) is 2.95. The minimum atomic E-state index is -0.142. The molecule has 0 saturated carbocycles. The van der Waals surface area contributed by atoms with Crippen molar-refractivity contribution >= 4 is 0 Å². The molecule has 8 aromatic carbocycles. The molecule has 0 N–H and O–H groups in total. The fraction of sp³-hybridized carbons (Fsp3) is 0.0536. The Labute approximate surface area is 344 Å². The van der Waals surface area contributed by atoms with Gasteiger partial charge in [0.25, 0.3) is 0 Å². The summed E-state index contributed by atoms with van der Waals surface area (Å²) in [6, 6.07) is 70.5. The van der Waals surface area contributed by atoms with E-state index >= 15 is 0 Å². The monoisotopic (exact) mass is 757 g/mol. The van der Waals surface area contributed by atoms with Crippen LogP contribution in [0.3, 0.4) is 0 Å². The molecule has 0 fully saturated rings. The zero-order chi connectivity index (χ0) is 39.5. The van der Waals surface area contributed by atoms with Crippen LogP contribution in [0.25, 0.3) is 78.1 Å². The standard InChI is InChI=1S/C56H39NO2/c1-56(2)47-22-12-11-20-46(47)53-48(56)32-33-52-55(53)59-54-45(21-13-23-51(54)58-52)44-19-10-9-18-43(44)39-26-30-41(31-27-39)50-35-42(37-16-7-4-8-17-37)34-49(57-50)40-28-24-38(25-29-40)36-14-5-3-6-15-36/h3-35H,1-2H3. The first-order chi connectivity index (χ1) is 29.0. The Morgan fingerprint density at radius 3 is 1.53 bits per heavy atom. The molecule has 1 aliphatic carbocycles. The third kappa shape index (κ3) is 5.94. The Morgan fingerprint density at radius 1 is 0.339 bits per heavy atom. The molecule has 0 amide bonds. The first-order valence-electron chi connectivity index (χ1n) is 20.2. The highest BCUT2D eigenvalue weighted by molar-refractivity contribution is 5.92. The molecule has 9 aromatic rings. The number of benzene rings is 8. The van der Waals surface area contributed by atoms with Gasteiger partial charge in [0.15, 0.2) is 23.0 Å². The van der Waals surface area contributed by atoms with E-state index in [4.69, 9.17) is 14.5 Å². The molecule has 0 unspecified atom stereocenters. The molecule has 1 aliphatic heterocycles. The topological polar surface area (TPSA) is 31.4 Å². The molecule has 1 aromatic heterocycles. The molecule has 0 atom stereocenters. The van der Waals surface area contributed by atoms with Crippen molar-refractivity contribution in [2.24, 2.45) is 0 Å². The number of fused-ring (bicyclic) bond motifs is 6. The van der Waals surface area contributed by atoms with Gasteiger partial charge in [-0.1, -0.05) is 190 Å². The molecule has 0 spiro atoms. The summed E-state index contributed by atoms with van der Waals surface area (Å²) in [4.78, 5) is 5.25. The van der Waals surface area contributed by atoms with Gasteiger partial charge in [0, 0.05) is 27.7 Å². The second-order valence-corrected chi connectivity index (χ2v) is 15.9. The van der Waals surface area contributed by atoms with Crippen LogP contribution in [-0.4, -0.2) is 4.98 Å². The van der Waals surface area contributed by atoms with Crippen molar-refractivity contribution in [1.29, 1.82) is 0 Å². The van der Waals surface area contributed by atoms with Gasteiger partial charge in [-0.15, -0.1) is 0 Å². The number of pyridine rings is 1. The van der Waals surface area contributed by atoms with Crippen molar-refractivity contribution in [3.05, 3.63) is 211 Å². The van der Waals surface area contributed by atoms with E-state index in [9.17, 15) is 0 Å². The number of nitrogens with zero attached hydrogens (tertiary/aromatic N) is 1. The SMILES string of the molecule is CC1(C)c2ccccc2-c2c1ccc1c2Oc2c(cccc2-c2ccccc2-c2ccc(-c3cc(-c4ccccc4)cc(-c4ccc(-c5ccccc5)cc4)n3)cc2)O1. The van der Waals surface area contributed by atoms with Gasteiger partial charge < -0.3 is 9.47 Å². The summed E-state index contributed by atoms with van der Waals surface area (Å²) in [6.45, 7) is 4.57. The second-order valence-electron chi connectivity index (χ2n) is 15.9. The van der Waals surface area contributed by atoms with Gasteiger partial charge in [-0.2, -0.15) is 0 Å². The fourth-order valence-corrected chi connectivity index (χ4v) is 8.94. The minimum absolute atomic E-state index is 0.142. The molecule has 11 rings (SSSR count). The van der Waals surface area contributed by atoms with E-state index in [1.807, 2.05) is 18.2 Å². The minimum Gasteiger partial charge on any atom is -0.449 e. The van der Waals surface area contributed by atoms with E-state index in [1.54, 1.807) is 0 Å². The smallest absolute Gasteiger partial charge is 0.178 e. The predicted octanol–water partition coefficient (Wildman–Crippen LogP) is 15.3. The summed E-state index contributed by atoms with van der Waals surface area (Å²) >= 11 is 0. The number of hydrogen-bond acceptors (Lipinski definition) is 3. The predicted molar refractivity (Wildman–Crippen MR) is 241 cm³/mol. The van der Waals surface area contributed by atoms with E-state index in [2.05, 4.69) is 196 Å². The molecule has 59 heavy (non-hydrogen) atoms. The zero-order valence-corrected chi connectivity index (χ0v) is 32.8. The van der Waals surface area contributed by atoms with Crippen LogP contribution in [0.4, 0.5) is 0 Å². The molecule has 0 saturated heterocycles. The quantitative estimate of drug-likeness (QED) is 0.169. The van der Waals surface area contributed by atoms with E-state index in [0.29, 0.717) is 5.75 Å². The third-order valence-corrected chi connectivity index (χ3v) is 12.0. The van der Waals surface area contributed by atoms with Crippen LogP contribution in [0, 0.1) is 0 Å². The molecule has 0 bridgehead atoms. The van der Waals surface area contributed by atoms with Crippen LogP contribution >= 0.6 is 0 Å². The van der Waals surface area contributed by atoms with E-state index < -0.39 is 0 Å². The van der Waals surface area contributed by atoms with Crippen LogP contribution in [0.2, 0.25) is 0 Å². The summed E-state index contributed by atoms with van der Waals surface area (Å²) in [5.41, 5.74) is 17.6. The number of rotatable bonds is 6. The summed E-state index contributed by atoms with van der Waals surface area (Å²) in [5, 5.41) is 0. The summed E-state index contributed by atoms with van der Waals surface area (Å²) < 4.78 is 13.7. The summed E-state index contributed by atoms with van der Waals surface area (Å²) in [6.07, 6.45) is 0. The zero-order valence-electron chi connectivity index (χ0n) is 32.8. The Hall–Kier alpha value is -7.49. The lowest BCUT2D eigenvalue weighted by molar-refractivity contribution is 0.361. The molecule has 2 aliphatic rings. The van der Waals surface area contributed by atoms with Gasteiger partial charge in [0.05, 0.1) is 11.4 Å². The van der Waals surface area contributed by atoms with Crippen LogP contribution in [0.1, 0.15) is 25.0 Å². The molecule has 2 heterocycles. The average molecular weight is 758 g/mol. The molecular formula is C56H39NO2. The van der Waals surface area contributed by atoms with Gasteiger partial charge in [-0.25, -0.2) is 4.98 Å². The van der Waals surface area contributed by atoms with E-state index in [-0.39, 0.29) is 5.41 Å². The maximum atomic E-state index is 7.01. The second kappa shape index (κ2) is 13.9. The van der Waals surface area contributed by atoms with Crippen LogP contribution < -0.4 is 9.47 Å². The number of hydrogen-bond donors (Lipinski definition) is 0. The number of ether oxygens (including phenoxy) is 2. The van der Waals surface area contributed by atoms with Crippen molar-refractivity contribution in [1.82, 2.24) is 4.98 Å². The fourth-order valence-electron chi connectivity index (χ4n) is 8.94.